The SMILES string of the molecule is COc1ccccc1OCCCOc1ccccc1OC. The molecule has 0 aliphatic rings. The van der Waals surface area contributed by atoms with Gasteiger partial charge in [0.15, 0.2) is 23.0 Å². The van der Waals surface area contributed by atoms with Crippen LogP contribution in [-0.2, 0) is 0 Å². The molecule has 0 aliphatic heterocycles. The zero-order chi connectivity index (χ0) is 14.9. The molecule has 0 bridgehead atoms. The summed E-state index contributed by atoms with van der Waals surface area (Å²) < 4.78 is 21.8. The second-order valence-electron chi connectivity index (χ2n) is 4.35. The number of rotatable bonds is 8. The average Bonchev–Trinajstić information content (AvgIpc) is 2.55. The van der Waals surface area contributed by atoms with Crippen molar-refractivity contribution in [3.63, 3.8) is 0 Å². The van der Waals surface area contributed by atoms with Crippen molar-refractivity contribution in [2.75, 3.05) is 27.4 Å². The van der Waals surface area contributed by atoms with E-state index in [2.05, 4.69) is 0 Å². The van der Waals surface area contributed by atoms with Gasteiger partial charge < -0.3 is 18.9 Å². The highest BCUT2D eigenvalue weighted by Crippen LogP contribution is 2.27. The first-order valence-corrected chi connectivity index (χ1v) is 6.87. The van der Waals surface area contributed by atoms with Crippen LogP contribution in [0.1, 0.15) is 6.42 Å². The molecule has 0 atom stereocenters. The Hall–Kier alpha value is -2.36. The summed E-state index contributed by atoms with van der Waals surface area (Å²) >= 11 is 0. The number of methoxy groups -OCH3 is 2. The molecular formula is C17H20O4. The van der Waals surface area contributed by atoms with Crippen LogP contribution in [0, 0.1) is 0 Å². The first kappa shape index (κ1) is 15.0. The van der Waals surface area contributed by atoms with E-state index >= 15 is 0 Å². The van der Waals surface area contributed by atoms with E-state index < -0.39 is 0 Å². The number of hydrogen-bond donors (Lipinski definition) is 0. The third kappa shape index (κ3) is 4.31. The fraction of sp³-hybridized carbons (Fsp3) is 0.294. The quantitative estimate of drug-likeness (QED) is 0.696. The van der Waals surface area contributed by atoms with Gasteiger partial charge in [0.1, 0.15) is 0 Å². The predicted octanol–water partition coefficient (Wildman–Crippen LogP) is 3.55. The van der Waals surface area contributed by atoms with E-state index in [1.54, 1.807) is 14.2 Å². The van der Waals surface area contributed by atoms with Crippen molar-refractivity contribution in [1.29, 1.82) is 0 Å². The molecule has 4 heteroatoms. The van der Waals surface area contributed by atoms with Crippen molar-refractivity contribution < 1.29 is 18.9 Å². The molecule has 4 nitrogen and oxygen atoms in total. The Bertz CT molecular complexity index is 504. The summed E-state index contributed by atoms with van der Waals surface area (Å²) in [7, 11) is 3.26. The lowest BCUT2D eigenvalue weighted by atomic mass is 10.3. The number of hydrogen-bond acceptors (Lipinski definition) is 4. The van der Waals surface area contributed by atoms with E-state index in [4.69, 9.17) is 18.9 Å². The van der Waals surface area contributed by atoms with E-state index in [0.717, 1.165) is 29.4 Å². The molecule has 0 heterocycles. The van der Waals surface area contributed by atoms with Crippen molar-refractivity contribution in [2.45, 2.75) is 6.42 Å². The predicted molar refractivity (Wildman–Crippen MR) is 81.6 cm³/mol. The molecule has 2 aromatic rings. The second kappa shape index (κ2) is 8.04. The van der Waals surface area contributed by atoms with Crippen LogP contribution in [0.15, 0.2) is 48.5 Å². The van der Waals surface area contributed by atoms with Crippen LogP contribution in [0.3, 0.4) is 0 Å². The molecule has 0 amide bonds. The maximum Gasteiger partial charge on any atom is 0.161 e. The molecule has 0 spiro atoms. The molecule has 2 rings (SSSR count). The van der Waals surface area contributed by atoms with Crippen LogP contribution in [0.2, 0.25) is 0 Å². The Morgan fingerprint density at radius 1 is 0.619 bits per heavy atom. The maximum absolute atomic E-state index is 5.69. The molecule has 0 fully saturated rings. The molecule has 0 unspecified atom stereocenters. The van der Waals surface area contributed by atoms with Crippen LogP contribution in [0.25, 0.3) is 0 Å². The Morgan fingerprint density at radius 3 is 1.38 bits per heavy atom. The van der Waals surface area contributed by atoms with Gasteiger partial charge in [-0.15, -0.1) is 0 Å². The molecule has 112 valence electrons. The summed E-state index contributed by atoms with van der Waals surface area (Å²) in [6, 6.07) is 15.2. The molecule has 2 aromatic carbocycles. The van der Waals surface area contributed by atoms with Crippen molar-refractivity contribution in [1.82, 2.24) is 0 Å². The summed E-state index contributed by atoms with van der Waals surface area (Å²) in [6.45, 7) is 1.13. The Balaban J connectivity index is 1.75. The zero-order valence-corrected chi connectivity index (χ0v) is 12.4. The largest absolute Gasteiger partial charge is 0.493 e. The molecule has 0 saturated carbocycles. The van der Waals surface area contributed by atoms with Gasteiger partial charge in [-0.1, -0.05) is 24.3 Å². The summed E-state index contributed by atoms with van der Waals surface area (Å²) in [4.78, 5) is 0. The van der Waals surface area contributed by atoms with Gasteiger partial charge in [0.05, 0.1) is 27.4 Å². The lowest BCUT2D eigenvalue weighted by molar-refractivity contribution is 0.234. The fourth-order valence-corrected chi connectivity index (χ4v) is 1.90. The third-order valence-electron chi connectivity index (χ3n) is 2.94. The zero-order valence-electron chi connectivity index (χ0n) is 12.4. The number of para-hydroxylation sites is 4. The Kier molecular flexibility index (Phi) is 5.76. The molecule has 21 heavy (non-hydrogen) atoms. The highest BCUT2D eigenvalue weighted by atomic mass is 16.5. The van der Waals surface area contributed by atoms with Gasteiger partial charge >= 0.3 is 0 Å². The van der Waals surface area contributed by atoms with E-state index in [1.165, 1.54) is 0 Å². The van der Waals surface area contributed by atoms with Gasteiger partial charge in [-0.05, 0) is 24.3 Å². The minimum atomic E-state index is 0.565. The van der Waals surface area contributed by atoms with Crippen LogP contribution in [-0.4, -0.2) is 27.4 Å². The Labute approximate surface area is 125 Å². The molecule has 0 saturated heterocycles. The monoisotopic (exact) mass is 288 g/mol. The van der Waals surface area contributed by atoms with E-state index in [-0.39, 0.29) is 0 Å². The molecular weight excluding hydrogens is 268 g/mol. The number of ether oxygens (including phenoxy) is 4. The van der Waals surface area contributed by atoms with Gasteiger partial charge in [-0.3, -0.25) is 0 Å². The third-order valence-corrected chi connectivity index (χ3v) is 2.94. The Morgan fingerprint density at radius 2 is 1.00 bits per heavy atom. The lowest BCUT2D eigenvalue weighted by Gasteiger charge is -2.12. The second-order valence-corrected chi connectivity index (χ2v) is 4.35. The van der Waals surface area contributed by atoms with E-state index in [0.29, 0.717) is 13.2 Å². The van der Waals surface area contributed by atoms with Gasteiger partial charge in [-0.25, -0.2) is 0 Å². The smallest absolute Gasteiger partial charge is 0.161 e. The summed E-state index contributed by atoms with van der Waals surface area (Å²) in [6.07, 6.45) is 0.774. The van der Waals surface area contributed by atoms with Crippen LogP contribution < -0.4 is 18.9 Å². The molecule has 0 aromatic heterocycles. The maximum atomic E-state index is 5.69. The standard InChI is InChI=1S/C17H20O4/c1-18-14-8-3-5-10-16(14)20-12-7-13-21-17-11-6-4-9-15(17)19-2/h3-6,8-11H,7,12-13H2,1-2H3. The lowest BCUT2D eigenvalue weighted by Crippen LogP contribution is -2.06. The summed E-state index contributed by atoms with van der Waals surface area (Å²) in [5, 5.41) is 0. The van der Waals surface area contributed by atoms with Crippen LogP contribution in [0.4, 0.5) is 0 Å². The normalized spacial score (nSPS) is 10.0. The molecule has 0 N–H and O–H groups in total. The topological polar surface area (TPSA) is 36.9 Å². The van der Waals surface area contributed by atoms with Crippen molar-refractivity contribution in [2.24, 2.45) is 0 Å². The first-order chi connectivity index (χ1) is 10.3. The van der Waals surface area contributed by atoms with Gasteiger partial charge in [0.2, 0.25) is 0 Å². The first-order valence-electron chi connectivity index (χ1n) is 6.87. The highest BCUT2D eigenvalue weighted by molar-refractivity contribution is 5.40. The van der Waals surface area contributed by atoms with Crippen LogP contribution >= 0.6 is 0 Å². The molecule has 0 aliphatic carbocycles. The van der Waals surface area contributed by atoms with Gasteiger partial charge in [0, 0.05) is 6.42 Å². The van der Waals surface area contributed by atoms with E-state index in [1.807, 2.05) is 48.5 Å². The summed E-state index contributed by atoms with van der Waals surface area (Å²) in [5.41, 5.74) is 0. The van der Waals surface area contributed by atoms with Gasteiger partial charge in [0.25, 0.3) is 0 Å². The fourth-order valence-electron chi connectivity index (χ4n) is 1.90. The van der Waals surface area contributed by atoms with Crippen molar-refractivity contribution >= 4 is 0 Å². The van der Waals surface area contributed by atoms with Gasteiger partial charge in [-0.2, -0.15) is 0 Å². The minimum Gasteiger partial charge on any atom is -0.493 e. The van der Waals surface area contributed by atoms with Crippen molar-refractivity contribution in [3.8, 4) is 23.0 Å². The minimum absolute atomic E-state index is 0.565. The number of benzene rings is 2. The van der Waals surface area contributed by atoms with Crippen LogP contribution in [0.5, 0.6) is 23.0 Å². The summed E-state index contributed by atoms with van der Waals surface area (Å²) in [5.74, 6) is 2.97. The molecule has 0 radical (unpaired) electrons. The average molecular weight is 288 g/mol. The van der Waals surface area contributed by atoms with E-state index in [9.17, 15) is 0 Å². The van der Waals surface area contributed by atoms with Crippen molar-refractivity contribution in [3.05, 3.63) is 48.5 Å². The highest BCUT2D eigenvalue weighted by Gasteiger charge is 2.04.